The standard InChI is InChI=1S/C16H27NO3/c1-7-8-9-10-11-13(18)17-14(12(2)3)15(19)20-16(4,5)6/h1,12,14H,8-11H2,2-6H3,(H,17,18)/t14-/m1/s1. The summed E-state index contributed by atoms with van der Waals surface area (Å²) in [5.41, 5.74) is -0.554. The maximum atomic E-state index is 12.0. The summed E-state index contributed by atoms with van der Waals surface area (Å²) >= 11 is 0. The molecule has 0 aromatic heterocycles. The summed E-state index contributed by atoms with van der Waals surface area (Å²) in [5.74, 6) is 2.01. The molecule has 1 atom stereocenters. The van der Waals surface area contributed by atoms with Gasteiger partial charge < -0.3 is 10.1 Å². The zero-order valence-corrected chi connectivity index (χ0v) is 13.3. The molecule has 0 aliphatic carbocycles. The first-order chi connectivity index (χ1) is 9.17. The van der Waals surface area contributed by atoms with Gasteiger partial charge in [0.05, 0.1) is 0 Å². The van der Waals surface area contributed by atoms with Crippen LogP contribution in [0.4, 0.5) is 0 Å². The van der Waals surface area contributed by atoms with Crippen LogP contribution in [-0.4, -0.2) is 23.5 Å². The molecule has 0 unspecified atom stereocenters. The minimum Gasteiger partial charge on any atom is -0.458 e. The van der Waals surface area contributed by atoms with Gasteiger partial charge >= 0.3 is 5.97 Å². The lowest BCUT2D eigenvalue weighted by Gasteiger charge is -2.26. The van der Waals surface area contributed by atoms with E-state index in [4.69, 9.17) is 11.2 Å². The zero-order chi connectivity index (χ0) is 15.8. The van der Waals surface area contributed by atoms with E-state index in [2.05, 4.69) is 11.2 Å². The highest BCUT2D eigenvalue weighted by molar-refractivity contribution is 5.84. The van der Waals surface area contributed by atoms with Crippen molar-refractivity contribution in [3.63, 3.8) is 0 Å². The fraction of sp³-hybridized carbons (Fsp3) is 0.750. The molecule has 0 aromatic rings. The Bertz CT molecular complexity index is 361. The van der Waals surface area contributed by atoms with Crippen LogP contribution in [0.25, 0.3) is 0 Å². The number of nitrogens with one attached hydrogen (secondary N) is 1. The predicted octanol–water partition coefficient (Wildman–Crippen LogP) is 2.66. The highest BCUT2D eigenvalue weighted by atomic mass is 16.6. The minimum atomic E-state index is -0.602. The van der Waals surface area contributed by atoms with Gasteiger partial charge in [-0.1, -0.05) is 13.8 Å². The maximum Gasteiger partial charge on any atom is 0.329 e. The zero-order valence-electron chi connectivity index (χ0n) is 13.3. The Balaban J connectivity index is 4.37. The van der Waals surface area contributed by atoms with Crippen LogP contribution in [0.2, 0.25) is 0 Å². The molecule has 114 valence electrons. The average Bonchev–Trinajstić information content (AvgIpc) is 2.29. The van der Waals surface area contributed by atoms with Gasteiger partial charge in [-0.05, 0) is 39.5 Å². The molecule has 0 aromatic carbocycles. The second-order valence-corrected chi connectivity index (χ2v) is 6.23. The van der Waals surface area contributed by atoms with Gasteiger partial charge in [-0.25, -0.2) is 4.79 Å². The quantitative estimate of drug-likeness (QED) is 0.443. The Kier molecular flexibility index (Phi) is 7.98. The maximum absolute atomic E-state index is 12.0. The lowest BCUT2D eigenvalue weighted by atomic mass is 10.0. The Morgan fingerprint density at radius 1 is 1.25 bits per heavy atom. The summed E-state index contributed by atoms with van der Waals surface area (Å²) in [6.45, 7) is 9.19. The topological polar surface area (TPSA) is 55.4 Å². The summed E-state index contributed by atoms with van der Waals surface area (Å²) in [6.07, 6.45) is 7.76. The van der Waals surface area contributed by atoms with Crippen molar-refractivity contribution in [2.24, 2.45) is 5.92 Å². The minimum absolute atomic E-state index is 0.0143. The SMILES string of the molecule is C#CCCCCC(=O)N[C@@H](C(=O)OC(C)(C)C)C(C)C. The van der Waals surface area contributed by atoms with Crippen LogP contribution in [0.1, 0.15) is 60.3 Å². The van der Waals surface area contributed by atoms with Gasteiger partial charge in [-0.15, -0.1) is 12.3 Å². The van der Waals surface area contributed by atoms with Gasteiger partial charge in [0.2, 0.25) is 5.91 Å². The van der Waals surface area contributed by atoms with Crippen LogP contribution in [0.5, 0.6) is 0 Å². The van der Waals surface area contributed by atoms with E-state index in [-0.39, 0.29) is 17.8 Å². The van der Waals surface area contributed by atoms with Crippen LogP contribution in [0.3, 0.4) is 0 Å². The van der Waals surface area contributed by atoms with Gasteiger partial charge in [-0.3, -0.25) is 4.79 Å². The van der Waals surface area contributed by atoms with Crippen LogP contribution < -0.4 is 5.32 Å². The van der Waals surface area contributed by atoms with Crippen LogP contribution in [-0.2, 0) is 14.3 Å². The molecule has 0 bridgehead atoms. The molecule has 0 saturated heterocycles. The summed E-state index contributed by atoms with van der Waals surface area (Å²) < 4.78 is 5.32. The molecule has 0 spiro atoms. The Morgan fingerprint density at radius 3 is 2.30 bits per heavy atom. The smallest absolute Gasteiger partial charge is 0.329 e. The molecule has 0 aliphatic rings. The van der Waals surface area contributed by atoms with Gasteiger partial charge in [0.25, 0.3) is 0 Å². The molecular weight excluding hydrogens is 254 g/mol. The van der Waals surface area contributed by atoms with Crippen molar-refractivity contribution in [2.45, 2.75) is 71.9 Å². The second-order valence-electron chi connectivity index (χ2n) is 6.23. The molecule has 4 heteroatoms. The monoisotopic (exact) mass is 281 g/mol. The number of rotatable bonds is 7. The predicted molar refractivity (Wildman–Crippen MR) is 79.9 cm³/mol. The average molecular weight is 281 g/mol. The van der Waals surface area contributed by atoms with E-state index in [1.165, 1.54) is 0 Å². The fourth-order valence-electron chi connectivity index (χ4n) is 1.62. The van der Waals surface area contributed by atoms with Crippen molar-refractivity contribution in [1.82, 2.24) is 5.32 Å². The van der Waals surface area contributed by atoms with E-state index in [0.717, 1.165) is 12.8 Å². The summed E-state index contributed by atoms with van der Waals surface area (Å²) in [6, 6.07) is -0.602. The first-order valence-corrected chi connectivity index (χ1v) is 7.13. The van der Waals surface area contributed by atoms with Crippen molar-refractivity contribution in [3.05, 3.63) is 0 Å². The number of carbonyl (C=O) groups excluding carboxylic acids is 2. The number of carbonyl (C=O) groups is 2. The third-order valence-electron chi connectivity index (χ3n) is 2.62. The number of hydrogen-bond acceptors (Lipinski definition) is 3. The van der Waals surface area contributed by atoms with Gasteiger partial charge in [0, 0.05) is 12.8 Å². The molecule has 20 heavy (non-hydrogen) atoms. The lowest BCUT2D eigenvalue weighted by molar-refractivity contribution is -0.160. The first kappa shape index (κ1) is 18.5. The highest BCUT2D eigenvalue weighted by Crippen LogP contribution is 2.12. The largest absolute Gasteiger partial charge is 0.458 e. The Labute approximate surface area is 122 Å². The van der Waals surface area contributed by atoms with Gasteiger partial charge in [-0.2, -0.15) is 0 Å². The normalized spacial score (nSPS) is 12.7. The van der Waals surface area contributed by atoms with Crippen LogP contribution in [0, 0.1) is 18.3 Å². The van der Waals surface area contributed by atoms with Crippen molar-refractivity contribution < 1.29 is 14.3 Å². The third kappa shape index (κ3) is 8.58. The molecule has 0 saturated carbocycles. The highest BCUT2D eigenvalue weighted by Gasteiger charge is 2.28. The van der Waals surface area contributed by atoms with Gasteiger partial charge in [0.1, 0.15) is 11.6 Å². The summed E-state index contributed by atoms with van der Waals surface area (Å²) in [4.78, 5) is 23.9. The molecule has 0 rings (SSSR count). The second kappa shape index (κ2) is 8.63. The number of amides is 1. The molecular formula is C16H27NO3. The van der Waals surface area contributed by atoms with Crippen molar-refractivity contribution in [3.8, 4) is 12.3 Å². The van der Waals surface area contributed by atoms with E-state index >= 15 is 0 Å². The number of unbranched alkanes of at least 4 members (excludes halogenated alkanes) is 2. The van der Waals surface area contributed by atoms with Crippen molar-refractivity contribution in [2.75, 3.05) is 0 Å². The molecule has 0 heterocycles. The van der Waals surface area contributed by atoms with Crippen molar-refractivity contribution in [1.29, 1.82) is 0 Å². The molecule has 0 aliphatic heterocycles. The number of esters is 1. The number of terminal acetylenes is 1. The summed E-state index contributed by atoms with van der Waals surface area (Å²) in [5, 5.41) is 2.75. The Morgan fingerprint density at radius 2 is 1.85 bits per heavy atom. The number of ether oxygens (including phenoxy) is 1. The third-order valence-corrected chi connectivity index (χ3v) is 2.62. The molecule has 4 nitrogen and oxygen atoms in total. The van der Waals surface area contributed by atoms with E-state index in [1.807, 2.05) is 34.6 Å². The molecule has 0 fully saturated rings. The van der Waals surface area contributed by atoms with Crippen LogP contribution in [0.15, 0.2) is 0 Å². The van der Waals surface area contributed by atoms with Gasteiger partial charge in [0.15, 0.2) is 0 Å². The lowest BCUT2D eigenvalue weighted by Crippen LogP contribution is -2.47. The van der Waals surface area contributed by atoms with E-state index in [0.29, 0.717) is 12.8 Å². The fourth-order valence-corrected chi connectivity index (χ4v) is 1.62. The van der Waals surface area contributed by atoms with E-state index < -0.39 is 11.6 Å². The van der Waals surface area contributed by atoms with E-state index in [9.17, 15) is 9.59 Å². The molecule has 1 amide bonds. The number of hydrogen-bond donors (Lipinski definition) is 1. The molecule has 0 radical (unpaired) electrons. The van der Waals surface area contributed by atoms with E-state index in [1.54, 1.807) is 0 Å². The molecule has 1 N–H and O–H groups in total. The summed E-state index contributed by atoms with van der Waals surface area (Å²) in [7, 11) is 0. The first-order valence-electron chi connectivity index (χ1n) is 7.13. The Hall–Kier alpha value is -1.50. The van der Waals surface area contributed by atoms with Crippen LogP contribution >= 0.6 is 0 Å². The van der Waals surface area contributed by atoms with Crippen molar-refractivity contribution >= 4 is 11.9 Å².